The first-order valence-electron chi connectivity index (χ1n) is 8.92. The van der Waals surface area contributed by atoms with Crippen LogP contribution in [0.2, 0.25) is 0 Å². The van der Waals surface area contributed by atoms with Gasteiger partial charge in [-0.2, -0.15) is 0 Å². The van der Waals surface area contributed by atoms with Gasteiger partial charge in [-0.25, -0.2) is 4.39 Å². The van der Waals surface area contributed by atoms with E-state index in [9.17, 15) is 14.0 Å². The molecular weight excluding hydrogens is 357 g/mol. The van der Waals surface area contributed by atoms with Crippen LogP contribution in [0, 0.1) is 5.82 Å². The highest BCUT2D eigenvalue weighted by Crippen LogP contribution is 2.07. The van der Waals surface area contributed by atoms with E-state index in [4.69, 9.17) is 0 Å². The number of carbonyl (C=O) groups excluding carboxylic acids is 2. The van der Waals surface area contributed by atoms with Crippen LogP contribution < -0.4 is 10.6 Å². The van der Waals surface area contributed by atoms with Gasteiger partial charge in [0.15, 0.2) is 0 Å². The highest BCUT2D eigenvalue weighted by Gasteiger charge is 2.11. The Morgan fingerprint density at radius 2 is 1.50 bits per heavy atom. The molecule has 0 saturated carbocycles. The second-order valence-electron chi connectivity index (χ2n) is 6.23. The normalized spacial score (nSPS) is 10.3. The van der Waals surface area contributed by atoms with Crippen LogP contribution in [0.3, 0.4) is 0 Å². The molecule has 0 fully saturated rings. The van der Waals surface area contributed by atoms with Gasteiger partial charge < -0.3 is 10.6 Å². The monoisotopic (exact) mass is 377 g/mol. The summed E-state index contributed by atoms with van der Waals surface area (Å²) in [5.74, 6) is -0.964. The van der Waals surface area contributed by atoms with E-state index >= 15 is 0 Å². The summed E-state index contributed by atoms with van der Waals surface area (Å²) in [6.45, 7) is 0.670. The van der Waals surface area contributed by atoms with Gasteiger partial charge in [0.1, 0.15) is 5.82 Å². The number of pyridine rings is 1. The summed E-state index contributed by atoms with van der Waals surface area (Å²) < 4.78 is 13.6. The van der Waals surface area contributed by atoms with Crippen molar-refractivity contribution in [1.29, 1.82) is 0 Å². The van der Waals surface area contributed by atoms with Gasteiger partial charge in [0.2, 0.25) is 0 Å². The molecule has 0 atom stereocenters. The Kier molecular flexibility index (Phi) is 6.46. The molecule has 3 rings (SSSR count). The smallest absolute Gasteiger partial charge is 0.253 e. The van der Waals surface area contributed by atoms with Crippen molar-refractivity contribution in [3.05, 3.63) is 101 Å². The van der Waals surface area contributed by atoms with E-state index in [-0.39, 0.29) is 29.7 Å². The van der Waals surface area contributed by atoms with Crippen LogP contribution in [0.1, 0.15) is 31.8 Å². The number of carbonyl (C=O) groups is 2. The molecular formula is C22H20FN3O2. The molecule has 3 aromatic rings. The van der Waals surface area contributed by atoms with Crippen LogP contribution in [-0.4, -0.2) is 23.3 Å². The van der Waals surface area contributed by atoms with Crippen molar-refractivity contribution in [3.8, 4) is 0 Å². The van der Waals surface area contributed by atoms with Crippen LogP contribution in [0.4, 0.5) is 4.39 Å². The lowest BCUT2D eigenvalue weighted by atomic mass is 10.1. The molecule has 28 heavy (non-hydrogen) atoms. The Labute approximate surface area is 162 Å². The fourth-order valence-corrected chi connectivity index (χ4v) is 2.68. The zero-order chi connectivity index (χ0) is 19.8. The second-order valence-corrected chi connectivity index (χ2v) is 6.23. The summed E-state index contributed by atoms with van der Waals surface area (Å²) >= 11 is 0. The largest absolute Gasteiger partial charge is 0.352 e. The molecule has 0 spiro atoms. The number of amides is 2. The number of nitrogens with one attached hydrogen (secondary N) is 2. The zero-order valence-electron chi connectivity index (χ0n) is 15.2. The fraction of sp³-hybridized carbons (Fsp3) is 0.136. The minimum Gasteiger partial charge on any atom is -0.352 e. The Morgan fingerprint density at radius 3 is 2.21 bits per heavy atom. The fourth-order valence-electron chi connectivity index (χ4n) is 2.68. The first-order valence-corrected chi connectivity index (χ1v) is 8.92. The zero-order valence-corrected chi connectivity index (χ0v) is 15.2. The lowest BCUT2D eigenvalue weighted by molar-refractivity contribution is 0.0950. The van der Waals surface area contributed by atoms with Crippen LogP contribution in [-0.2, 0) is 13.0 Å². The van der Waals surface area contributed by atoms with Gasteiger partial charge in [-0.15, -0.1) is 0 Å². The Hall–Kier alpha value is -3.54. The molecule has 0 aliphatic rings. The highest BCUT2D eigenvalue weighted by molar-refractivity contribution is 5.99. The van der Waals surface area contributed by atoms with Crippen molar-refractivity contribution in [2.75, 3.05) is 6.54 Å². The number of rotatable bonds is 7. The molecule has 0 radical (unpaired) electrons. The summed E-state index contributed by atoms with van der Waals surface area (Å²) in [4.78, 5) is 28.6. The van der Waals surface area contributed by atoms with Gasteiger partial charge in [-0.3, -0.25) is 14.6 Å². The summed E-state index contributed by atoms with van der Waals surface area (Å²) in [7, 11) is 0. The van der Waals surface area contributed by atoms with Gasteiger partial charge >= 0.3 is 0 Å². The molecule has 0 unspecified atom stereocenters. The third-order valence-electron chi connectivity index (χ3n) is 4.20. The molecule has 2 N–H and O–H groups in total. The molecule has 0 saturated heterocycles. The molecule has 1 heterocycles. The Bertz CT molecular complexity index is 961. The van der Waals surface area contributed by atoms with Crippen molar-refractivity contribution >= 4 is 11.8 Å². The molecule has 1 aromatic heterocycles. The Balaban J connectivity index is 1.55. The number of benzene rings is 2. The van der Waals surface area contributed by atoms with Gasteiger partial charge in [0.25, 0.3) is 11.8 Å². The SMILES string of the molecule is O=C(NCCc1ccccc1F)c1cncc(C(=O)NCc2ccccc2)c1. The summed E-state index contributed by atoms with van der Waals surface area (Å²) in [6, 6.07) is 17.5. The number of hydrogen-bond donors (Lipinski definition) is 2. The van der Waals surface area contributed by atoms with E-state index in [1.165, 1.54) is 24.5 Å². The predicted octanol–water partition coefficient (Wildman–Crippen LogP) is 3.12. The molecule has 2 amide bonds. The predicted molar refractivity (Wildman–Crippen MR) is 104 cm³/mol. The van der Waals surface area contributed by atoms with E-state index < -0.39 is 0 Å². The molecule has 0 aliphatic heterocycles. The lowest BCUT2D eigenvalue weighted by Gasteiger charge is -2.08. The van der Waals surface area contributed by atoms with Gasteiger partial charge in [0.05, 0.1) is 11.1 Å². The van der Waals surface area contributed by atoms with Crippen LogP contribution >= 0.6 is 0 Å². The number of nitrogens with zero attached hydrogens (tertiary/aromatic N) is 1. The minimum absolute atomic E-state index is 0.279. The topological polar surface area (TPSA) is 71.1 Å². The Morgan fingerprint density at radius 1 is 0.857 bits per heavy atom. The first kappa shape index (κ1) is 19.2. The van der Waals surface area contributed by atoms with E-state index in [2.05, 4.69) is 15.6 Å². The number of halogens is 1. The molecule has 0 bridgehead atoms. The first-order chi connectivity index (χ1) is 13.6. The van der Waals surface area contributed by atoms with Crippen molar-refractivity contribution in [1.82, 2.24) is 15.6 Å². The maximum atomic E-state index is 13.6. The standard InChI is InChI=1S/C22H20FN3O2/c23-20-9-5-4-8-17(20)10-11-25-21(27)18-12-19(15-24-14-18)22(28)26-13-16-6-2-1-3-7-16/h1-9,12,14-15H,10-11,13H2,(H,25,27)(H,26,28). The van der Waals surface area contributed by atoms with Crippen molar-refractivity contribution in [2.45, 2.75) is 13.0 Å². The minimum atomic E-state index is -0.360. The molecule has 142 valence electrons. The molecule has 2 aromatic carbocycles. The summed E-state index contributed by atoms with van der Waals surface area (Å²) in [5.41, 5.74) is 2.10. The summed E-state index contributed by atoms with van der Waals surface area (Å²) in [6.07, 6.45) is 3.19. The third kappa shape index (κ3) is 5.23. The van der Waals surface area contributed by atoms with Crippen LogP contribution in [0.15, 0.2) is 73.1 Å². The lowest BCUT2D eigenvalue weighted by Crippen LogP contribution is -2.27. The van der Waals surface area contributed by atoms with Crippen molar-refractivity contribution < 1.29 is 14.0 Å². The van der Waals surface area contributed by atoms with E-state index in [1.54, 1.807) is 18.2 Å². The molecule has 5 nitrogen and oxygen atoms in total. The number of aromatic nitrogens is 1. The maximum Gasteiger partial charge on any atom is 0.253 e. The summed E-state index contributed by atoms with van der Waals surface area (Å²) in [5, 5.41) is 5.52. The van der Waals surface area contributed by atoms with Crippen LogP contribution in [0.25, 0.3) is 0 Å². The van der Waals surface area contributed by atoms with Crippen molar-refractivity contribution in [2.24, 2.45) is 0 Å². The van der Waals surface area contributed by atoms with Gasteiger partial charge in [0, 0.05) is 25.5 Å². The maximum absolute atomic E-state index is 13.6. The highest BCUT2D eigenvalue weighted by atomic mass is 19.1. The van der Waals surface area contributed by atoms with Crippen LogP contribution in [0.5, 0.6) is 0 Å². The average molecular weight is 377 g/mol. The van der Waals surface area contributed by atoms with Crippen molar-refractivity contribution in [3.63, 3.8) is 0 Å². The number of hydrogen-bond acceptors (Lipinski definition) is 3. The van der Waals surface area contributed by atoms with Gasteiger partial charge in [-0.05, 0) is 29.7 Å². The second kappa shape index (κ2) is 9.41. The quantitative estimate of drug-likeness (QED) is 0.665. The van der Waals surface area contributed by atoms with E-state index in [0.717, 1.165) is 5.56 Å². The molecule has 0 aliphatic carbocycles. The third-order valence-corrected chi connectivity index (χ3v) is 4.20. The van der Waals surface area contributed by atoms with E-state index in [1.807, 2.05) is 30.3 Å². The van der Waals surface area contributed by atoms with E-state index in [0.29, 0.717) is 24.1 Å². The average Bonchev–Trinajstić information content (AvgIpc) is 2.74. The van der Waals surface area contributed by atoms with Gasteiger partial charge in [-0.1, -0.05) is 48.5 Å². The molecule has 6 heteroatoms.